The maximum absolute atomic E-state index is 13.2. The van der Waals surface area contributed by atoms with Crippen LogP contribution in [0.2, 0.25) is 0 Å². The van der Waals surface area contributed by atoms with Gasteiger partial charge in [-0.3, -0.25) is 4.79 Å². The Morgan fingerprint density at radius 1 is 1.14 bits per heavy atom. The molecule has 4 aliphatic carbocycles. The third kappa shape index (κ3) is 3.61. The van der Waals surface area contributed by atoms with Gasteiger partial charge in [0.25, 0.3) is 5.91 Å². The summed E-state index contributed by atoms with van der Waals surface area (Å²) in [4.78, 5) is 15.2. The van der Waals surface area contributed by atoms with Gasteiger partial charge in [0.2, 0.25) is 10.0 Å². The lowest BCUT2D eigenvalue weighted by molar-refractivity contribution is -0.0629. The van der Waals surface area contributed by atoms with Crippen LogP contribution in [0.1, 0.15) is 61.4 Å². The fourth-order valence-corrected chi connectivity index (χ4v) is 7.60. The maximum Gasteiger partial charge on any atom is 0.253 e. The third-order valence-corrected chi connectivity index (χ3v) is 8.71. The second-order valence-corrected chi connectivity index (χ2v) is 11.3. The topological polar surface area (TPSA) is 66.5 Å². The molecule has 1 amide bonds. The van der Waals surface area contributed by atoms with E-state index in [4.69, 9.17) is 0 Å². The third-order valence-electron chi connectivity index (χ3n) is 7.17. The standard InChI is InChI=1S/C22H32N2O3S/c1-4-23-28(26,27)19-6-5-15(2)20(10-19)21(25)24(3)14-22-11-16-7-17(12-22)9-18(8-16)13-22/h5-6,10,16-18,23H,4,7-9,11-14H2,1-3H3. The molecule has 0 aliphatic heterocycles. The van der Waals surface area contributed by atoms with Gasteiger partial charge < -0.3 is 4.90 Å². The molecule has 5 nitrogen and oxygen atoms in total. The summed E-state index contributed by atoms with van der Waals surface area (Å²) in [5, 5.41) is 0. The molecule has 4 bridgehead atoms. The number of carbonyl (C=O) groups is 1. The fraction of sp³-hybridized carbons (Fsp3) is 0.682. The number of sulfonamides is 1. The van der Waals surface area contributed by atoms with Gasteiger partial charge in [0, 0.05) is 25.7 Å². The molecule has 28 heavy (non-hydrogen) atoms. The Morgan fingerprint density at radius 3 is 2.25 bits per heavy atom. The van der Waals surface area contributed by atoms with Crippen LogP contribution in [0, 0.1) is 30.1 Å². The number of benzene rings is 1. The number of nitrogens with zero attached hydrogens (tertiary/aromatic N) is 1. The molecule has 154 valence electrons. The summed E-state index contributed by atoms with van der Waals surface area (Å²) in [5.41, 5.74) is 1.59. The van der Waals surface area contributed by atoms with E-state index in [-0.39, 0.29) is 16.2 Å². The molecule has 1 N–H and O–H groups in total. The summed E-state index contributed by atoms with van der Waals surface area (Å²) in [5.74, 6) is 2.49. The van der Waals surface area contributed by atoms with E-state index in [1.54, 1.807) is 19.1 Å². The summed E-state index contributed by atoms with van der Waals surface area (Å²) in [6, 6.07) is 4.84. The van der Waals surface area contributed by atoms with Gasteiger partial charge in [0.05, 0.1) is 4.90 Å². The molecule has 0 heterocycles. The highest BCUT2D eigenvalue weighted by Crippen LogP contribution is 2.60. The number of hydrogen-bond donors (Lipinski definition) is 1. The summed E-state index contributed by atoms with van der Waals surface area (Å²) in [6.45, 7) is 4.73. The lowest BCUT2D eigenvalue weighted by Gasteiger charge is -2.57. The van der Waals surface area contributed by atoms with Crippen LogP contribution >= 0.6 is 0 Å². The molecule has 1 aromatic carbocycles. The van der Waals surface area contributed by atoms with Crippen molar-refractivity contribution in [1.82, 2.24) is 9.62 Å². The van der Waals surface area contributed by atoms with Gasteiger partial charge in [-0.05, 0) is 86.3 Å². The summed E-state index contributed by atoms with van der Waals surface area (Å²) in [7, 11) is -1.69. The normalized spacial score (nSPS) is 31.2. The molecule has 4 fully saturated rings. The lowest BCUT2D eigenvalue weighted by atomic mass is 9.49. The quantitative estimate of drug-likeness (QED) is 0.788. The van der Waals surface area contributed by atoms with E-state index in [1.807, 2.05) is 18.9 Å². The molecule has 0 radical (unpaired) electrons. The fourth-order valence-electron chi connectivity index (χ4n) is 6.54. The predicted octanol–water partition coefficient (Wildman–Crippen LogP) is 3.58. The smallest absolute Gasteiger partial charge is 0.253 e. The second-order valence-electron chi connectivity index (χ2n) is 9.56. The van der Waals surface area contributed by atoms with Crippen molar-refractivity contribution in [2.24, 2.45) is 23.2 Å². The van der Waals surface area contributed by atoms with Crippen LogP contribution in [0.25, 0.3) is 0 Å². The molecule has 4 saturated carbocycles. The van der Waals surface area contributed by atoms with E-state index in [0.717, 1.165) is 29.9 Å². The molecule has 0 unspecified atom stereocenters. The lowest BCUT2D eigenvalue weighted by Crippen LogP contribution is -2.51. The minimum Gasteiger partial charge on any atom is -0.341 e. The Kier molecular flexibility index (Phi) is 5.07. The molecular weight excluding hydrogens is 372 g/mol. The van der Waals surface area contributed by atoms with Crippen LogP contribution in [0.15, 0.2) is 23.1 Å². The van der Waals surface area contributed by atoms with Crippen LogP contribution < -0.4 is 4.72 Å². The van der Waals surface area contributed by atoms with Crippen molar-refractivity contribution in [2.45, 2.75) is 57.3 Å². The van der Waals surface area contributed by atoms with Crippen LogP contribution in [0.3, 0.4) is 0 Å². The average Bonchev–Trinajstić information content (AvgIpc) is 2.59. The van der Waals surface area contributed by atoms with Crippen molar-refractivity contribution in [3.05, 3.63) is 29.3 Å². The molecule has 0 aromatic heterocycles. The molecule has 4 aliphatic rings. The van der Waals surface area contributed by atoms with Gasteiger partial charge in [-0.1, -0.05) is 13.0 Å². The van der Waals surface area contributed by atoms with Gasteiger partial charge >= 0.3 is 0 Å². The van der Waals surface area contributed by atoms with Gasteiger partial charge in [-0.25, -0.2) is 13.1 Å². The first-order valence-electron chi connectivity index (χ1n) is 10.6. The van der Waals surface area contributed by atoms with Crippen molar-refractivity contribution in [2.75, 3.05) is 20.1 Å². The van der Waals surface area contributed by atoms with E-state index in [9.17, 15) is 13.2 Å². The molecular formula is C22H32N2O3S. The first kappa shape index (κ1) is 19.9. The first-order chi connectivity index (χ1) is 13.2. The highest BCUT2D eigenvalue weighted by atomic mass is 32.2. The average molecular weight is 405 g/mol. The minimum atomic E-state index is -3.57. The zero-order chi connectivity index (χ0) is 20.1. The van der Waals surface area contributed by atoms with Gasteiger partial charge in [-0.2, -0.15) is 0 Å². The Morgan fingerprint density at radius 2 is 1.71 bits per heavy atom. The number of aryl methyl sites for hydroxylation is 1. The van der Waals surface area contributed by atoms with Crippen LogP contribution in [-0.4, -0.2) is 39.4 Å². The monoisotopic (exact) mass is 404 g/mol. The van der Waals surface area contributed by atoms with Crippen molar-refractivity contribution < 1.29 is 13.2 Å². The number of hydrogen-bond acceptors (Lipinski definition) is 3. The van der Waals surface area contributed by atoms with E-state index >= 15 is 0 Å². The highest BCUT2D eigenvalue weighted by Gasteiger charge is 2.51. The van der Waals surface area contributed by atoms with Crippen molar-refractivity contribution >= 4 is 15.9 Å². The van der Waals surface area contributed by atoms with Crippen LogP contribution in [-0.2, 0) is 10.0 Å². The number of rotatable bonds is 6. The zero-order valence-corrected chi connectivity index (χ0v) is 18.0. The van der Waals surface area contributed by atoms with E-state index in [1.165, 1.54) is 44.6 Å². The van der Waals surface area contributed by atoms with E-state index < -0.39 is 10.0 Å². The Bertz CT molecular complexity index is 842. The summed E-state index contributed by atoms with van der Waals surface area (Å²) < 4.78 is 27.2. The molecule has 1 aromatic rings. The Balaban J connectivity index is 1.54. The Hall–Kier alpha value is -1.40. The number of amides is 1. The zero-order valence-electron chi connectivity index (χ0n) is 17.2. The minimum absolute atomic E-state index is 0.0678. The largest absolute Gasteiger partial charge is 0.341 e. The molecule has 0 spiro atoms. The van der Waals surface area contributed by atoms with Crippen molar-refractivity contribution in [3.8, 4) is 0 Å². The SMILES string of the molecule is CCNS(=O)(=O)c1ccc(C)c(C(=O)N(C)CC23CC4CC(CC(C4)C2)C3)c1. The Labute approximate surface area is 168 Å². The summed E-state index contributed by atoms with van der Waals surface area (Å²) in [6.07, 6.45) is 7.93. The number of nitrogens with one attached hydrogen (secondary N) is 1. The molecule has 5 rings (SSSR count). The highest BCUT2D eigenvalue weighted by molar-refractivity contribution is 7.89. The van der Waals surface area contributed by atoms with Gasteiger partial charge in [0.15, 0.2) is 0 Å². The first-order valence-corrected chi connectivity index (χ1v) is 12.1. The molecule has 0 atom stereocenters. The van der Waals surface area contributed by atoms with Gasteiger partial charge in [-0.15, -0.1) is 0 Å². The maximum atomic E-state index is 13.2. The van der Waals surface area contributed by atoms with Crippen LogP contribution in [0.5, 0.6) is 0 Å². The summed E-state index contributed by atoms with van der Waals surface area (Å²) >= 11 is 0. The van der Waals surface area contributed by atoms with Gasteiger partial charge in [0.1, 0.15) is 0 Å². The number of carbonyl (C=O) groups excluding carboxylic acids is 1. The van der Waals surface area contributed by atoms with E-state index in [2.05, 4.69) is 4.72 Å². The second kappa shape index (κ2) is 7.13. The molecule has 0 saturated heterocycles. The molecule has 6 heteroatoms. The predicted molar refractivity (Wildman–Crippen MR) is 110 cm³/mol. The van der Waals surface area contributed by atoms with Crippen LogP contribution in [0.4, 0.5) is 0 Å². The van der Waals surface area contributed by atoms with Crippen molar-refractivity contribution in [1.29, 1.82) is 0 Å². The van der Waals surface area contributed by atoms with E-state index in [0.29, 0.717) is 12.1 Å². The van der Waals surface area contributed by atoms with Crippen molar-refractivity contribution in [3.63, 3.8) is 0 Å².